The van der Waals surface area contributed by atoms with Gasteiger partial charge in [-0.15, -0.1) is 0 Å². The number of aliphatic hydroxyl groups is 1. The minimum absolute atomic E-state index is 0.107. The van der Waals surface area contributed by atoms with Crippen molar-refractivity contribution in [1.82, 2.24) is 0 Å². The maximum absolute atomic E-state index is 13.1. The molecule has 0 radical (unpaired) electrons. The number of aliphatic hydroxyl groups excluding tert-OH is 1. The fraction of sp³-hybridized carbons (Fsp3) is 0.952. The number of unbranched alkanes of at least 4 members (excludes halogenated alkanes) is 45. The average molecular weight is 1490 g/mol. The Kier molecular flexibility index (Phi) is 70.6. The van der Waals surface area contributed by atoms with Gasteiger partial charge in [-0.25, -0.2) is 9.13 Å². The molecule has 0 aliphatic carbocycles. The lowest BCUT2D eigenvalue weighted by Crippen LogP contribution is -2.30. The van der Waals surface area contributed by atoms with E-state index >= 15 is 0 Å². The molecule has 0 aromatic heterocycles. The topological polar surface area (TPSA) is 237 Å². The molecule has 0 rings (SSSR count). The molecule has 0 amide bonds. The molecule has 0 aliphatic heterocycles. The summed E-state index contributed by atoms with van der Waals surface area (Å²) in [7, 11) is -9.92. The molecule has 102 heavy (non-hydrogen) atoms. The van der Waals surface area contributed by atoms with Crippen LogP contribution in [0.2, 0.25) is 0 Å². The second kappa shape index (κ2) is 72.0. The maximum Gasteiger partial charge on any atom is 0.472 e. The molecular weight excluding hydrogens is 1330 g/mol. The molecule has 19 heteroatoms. The lowest BCUT2D eigenvalue weighted by molar-refractivity contribution is -0.161. The van der Waals surface area contributed by atoms with Crippen molar-refractivity contribution in [2.45, 2.75) is 446 Å². The average Bonchev–Trinajstić information content (AvgIpc) is 0.917. The van der Waals surface area contributed by atoms with Gasteiger partial charge >= 0.3 is 39.5 Å². The van der Waals surface area contributed by atoms with Crippen molar-refractivity contribution in [3.63, 3.8) is 0 Å². The van der Waals surface area contributed by atoms with E-state index in [1.807, 2.05) is 0 Å². The fourth-order valence-corrected chi connectivity index (χ4v) is 14.3. The first-order chi connectivity index (χ1) is 49.1. The number of hydrogen-bond acceptors (Lipinski definition) is 15. The number of phosphoric acid groups is 2. The molecule has 17 nitrogen and oxygen atoms in total. The summed E-state index contributed by atoms with van der Waals surface area (Å²) in [6.07, 6.45) is 59.8. The summed E-state index contributed by atoms with van der Waals surface area (Å²) in [5.74, 6) is 1.01. The summed E-state index contributed by atoms with van der Waals surface area (Å²) in [4.78, 5) is 73.1. The molecule has 3 N–H and O–H groups in total. The molecule has 0 aromatic carbocycles. The third-order valence-corrected chi connectivity index (χ3v) is 21.6. The summed E-state index contributed by atoms with van der Waals surface area (Å²) in [5, 5.41) is 10.7. The van der Waals surface area contributed by atoms with Crippen LogP contribution >= 0.6 is 15.6 Å². The first-order valence-corrected chi connectivity index (χ1v) is 45.7. The van der Waals surface area contributed by atoms with Gasteiger partial charge in [0.05, 0.1) is 26.4 Å². The number of esters is 4. The van der Waals surface area contributed by atoms with Crippen LogP contribution in [0, 0.1) is 23.7 Å². The number of rotatable bonds is 80. The van der Waals surface area contributed by atoms with Gasteiger partial charge in [0.1, 0.15) is 19.3 Å². The highest BCUT2D eigenvalue weighted by Crippen LogP contribution is 2.45. The summed E-state index contributed by atoms with van der Waals surface area (Å²) in [5.41, 5.74) is 0. The molecule has 0 aliphatic rings. The Labute approximate surface area is 626 Å². The molecule has 0 heterocycles. The quantitative estimate of drug-likeness (QED) is 0.0222. The van der Waals surface area contributed by atoms with E-state index in [0.717, 1.165) is 114 Å². The summed E-state index contributed by atoms with van der Waals surface area (Å²) >= 11 is 0. The van der Waals surface area contributed by atoms with E-state index in [0.29, 0.717) is 31.6 Å². The van der Waals surface area contributed by atoms with Gasteiger partial charge in [-0.1, -0.05) is 376 Å². The van der Waals surface area contributed by atoms with Crippen molar-refractivity contribution in [1.29, 1.82) is 0 Å². The zero-order valence-corrected chi connectivity index (χ0v) is 69.0. The molecule has 4 unspecified atom stereocenters. The zero-order chi connectivity index (χ0) is 75.3. The Morgan fingerprint density at radius 1 is 0.275 bits per heavy atom. The Balaban J connectivity index is 5.21. The predicted molar refractivity (Wildman–Crippen MR) is 418 cm³/mol. The summed E-state index contributed by atoms with van der Waals surface area (Å²) in [6, 6.07) is 0. The highest BCUT2D eigenvalue weighted by Gasteiger charge is 2.30. The van der Waals surface area contributed by atoms with E-state index in [9.17, 15) is 43.2 Å². The van der Waals surface area contributed by atoms with Crippen molar-refractivity contribution in [2.24, 2.45) is 23.7 Å². The van der Waals surface area contributed by atoms with Gasteiger partial charge in [0.2, 0.25) is 0 Å². The predicted octanol–water partition coefficient (Wildman–Crippen LogP) is 24.8. The van der Waals surface area contributed by atoms with Crippen LogP contribution < -0.4 is 0 Å². The Morgan fingerprint density at radius 3 is 0.696 bits per heavy atom. The monoisotopic (exact) mass is 1490 g/mol. The molecule has 0 bridgehead atoms. The van der Waals surface area contributed by atoms with Gasteiger partial charge in [0.25, 0.3) is 0 Å². The molecule has 0 saturated heterocycles. The van der Waals surface area contributed by atoms with Gasteiger partial charge in [-0.2, -0.15) is 0 Å². The number of hydrogen-bond donors (Lipinski definition) is 3. The summed E-state index contributed by atoms with van der Waals surface area (Å²) in [6.45, 7) is 14.3. The van der Waals surface area contributed by atoms with Gasteiger partial charge in [0, 0.05) is 25.7 Å². The Hall–Kier alpha value is -1.94. The lowest BCUT2D eigenvalue weighted by atomic mass is 9.99. The normalized spacial score (nSPS) is 14.3. The Bertz CT molecular complexity index is 1990. The number of carbonyl (C=O) groups is 4. The minimum Gasteiger partial charge on any atom is -0.462 e. The van der Waals surface area contributed by atoms with E-state index in [1.54, 1.807) is 0 Å². The first kappa shape index (κ1) is 100. The van der Waals surface area contributed by atoms with Crippen LogP contribution in [0.15, 0.2) is 0 Å². The van der Waals surface area contributed by atoms with Crippen LogP contribution in [0.1, 0.15) is 428 Å². The molecule has 606 valence electrons. The summed E-state index contributed by atoms with van der Waals surface area (Å²) < 4.78 is 68.8. The van der Waals surface area contributed by atoms with E-state index in [1.165, 1.54) is 225 Å². The highest BCUT2D eigenvalue weighted by atomic mass is 31.2. The van der Waals surface area contributed by atoms with Crippen LogP contribution in [0.3, 0.4) is 0 Å². The van der Waals surface area contributed by atoms with E-state index in [-0.39, 0.29) is 25.7 Å². The number of carbonyl (C=O) groups excluding carboxylic acids is 4. The standard InChI is InChI=1S/C83H162O17P2/c1-9-76(8)62-54-46-37-31-25-19-14-15-20-26-32-38-47-55-63-80(85)93-69-78(99-82(87)66-58-50-40-34-28-22-16-18-24-30-36-44-52-60-74(4)5)71-97-101(89,90)95-67-77(84)68-96-102(91,92)98-72-79(70-94-81(86)64-56-48-42-41-45-53-61-75(6)7)100-83(88)65-57-49-39-33-27-21-13-11-10-12-17-23-29-35-43-51-59-73(2)3/h73-79,84H,9-72H2,1-8H3,(H,89,90)(H,91,92)/t76?,77?,78-,79-/m1/s1. The molecule has 6 atom stereocenters. The van der Waals surface area contributed by atoms with Crippen LogP contribution in [0.4, 0.5) is 0 Å². The largest absolute Gasteiger partial charge is 0.472 e. The third kappa shape index (κ3) is 74.9. The highest BCUT2D eigenvalue weighted by molar-refractivity contribution is 7.47. The van der Waals surface area contributed by atoms with Crippen molar-refractivity contribution in [3.8, 4) is 0 Å². The molecular formula is C83H162O17P2. The Morgan fingerprint density at radius 2 is 0.471 bits per heavy atom. The number of ether oxygens (including phenoxy) is 4. The van der Waals surface area contributed by atoms with Crippen molar-refractivity contribution in [2.75, 3.05) is 39.6 Å². The van der Waals surface area contributed by atoms with Crippen molar-refractivity contribution >= 4 is 39.5 Å². The molecule has 0 spiro atoms. The van der Waals surface area contributed by atoms with Crippen LogP contribution in [-0.2, 0) is 65.4 Å². The second-order valence-corrected chi connectivity index (χ2v) is 34.4. The van der Waals surface area contributed by atoms with Gasteiger partial charge < -0.3 is 33.8 Å². The van der Waals surface area contributed by atoms with Gasteiger partial charge in [-0.3, -0.25) is 37.3 Å². The van der Waals surface area contributed by atoms with Gasteiger partial charge in [-0.05, 0) is 49.4 Å². The molecule has 0 aromatic rings. The molecule has 0 saturated carbocycles. The van der Waals surface area contributed by atoms with Gasteiger partial charge in [0.15, 0.2) is 12.2 Å². The van der Waals surface area contributed by atoms with Crippen molar-refractivity contribution in [3.05, 3.63) is 0 Å². The van der Waals surface area contributed by atoms with Crippen LogP contribution in [-0.4, -0.2) is 96.7 Å². The molecule has 0 fully saturated rings. The maximum atomic E-state index is 13.1. The SMILES string of the molecule is CCC(C)CCCCCCCCCCCCCCCCC(=O)OC[C@H](COP(=O)(O)OCC(O)COP(=O)(O)OC[C@@H](COC(=O)CCCCCCCCC(C)C)OC(=O)CCCCCCCCCCCCCCCCCCC(C)C)OC(=O)CCCCCCCCCCCCCCCC(C)C. The second-order valence-electron chi connectivity index (χ2n) is 31.5. The van der Waals surface area contributed by atoms with Crippen LogP contribution in [0.5, 0.6) is 0 Å². The zero-order valence-electron chi connectivity index (χ0n) is 67.2. The van der Waals surface area contributed by atoms with Crippen molar-refractivity contribution < 1.29 is 80.2 Å². The van der Waals surface area contributed by atoms with E-state index in [4.69, 9.17) is 37.0 Å². The van der Waals surface area contributed by atoms with E-state index < -0.39 is 97.5 Å². The van der Waals surface area contributed by atoms with E-state index in [2.05, 4.69) is 55.4 Å². The first-order valence-electron chi connectivity index (χ1n) is 42.7. The lowest BCUT2D eigenvalue weighted by Gasteiger charge is -2.21. The smallest absolute Gasteiger partial charge is 0.462 e. The minimum atomic E-state index is -4.96. The fourth-order valence-electron chi connectivity index (χ4n) is 12.8. The third-order valence-electron chi connectivity index (χ3n) is 19.7. The van der Waals surface area contributed by atoms with Crippen LogP contribution in [0.25, 0.3) is 0 Å². The number of phosphoric ester groups is 2.